The number of rotatable bonds is 9. The molecule has 1 amide bonds. The maximum atomic E-state index is 12.3. The summed E-state index contributed by atoms with van der Waals surface area (Å²) in [5.41, 5.74) is 0.928. The van der Waals surface area contributed by atoms with Crippen molar-refractivity contribution in [1.82, 2.24) is 4.31 Å². The maximum Gasteiger partial charge on any atom is 0.307 e. The summed E-state index contributed by atoms with van der Waals surface area (Å²) in [5.74, 6) is -2.10. The Morgan fingerprint density at radius 1 is 1.00 bits per heavy atom. The molecule has 0 heterocycles. The summed E-state index contributed by atoms with van der Waals surface area (Å²) in [7, 11) is -4.69. The van der Waals surface area contributed by atoms with Gasteiger partial charge in [-0.2, -0.15) is 0 Å². The number of hydrogen-bond acceptors (Lipinski definition) is 7. The van der Waals surface area contributed by atoms with Crippen LogP contribution < -0.4 is 5.32 Å². The fourth-order valence-electron chi connectivity index (χ4n) is 2.46. The van der Waals surface area contributed by atoms with Crippen LogP contribution in [-0.4, -0.2) is 59.5 Å². The summed E-state index contributed by atoms with van der Waals surface area (Å²) >= 11 is 6.00. The number of ether oxygens (including phenoxy) is 1. The minimum absolute atomic E-state index is 0.0255. The van der Waals surface area contributed by atoms with Crippen LogP contribution in [0.5, 0.6) is 0 Å². The molecule has 0 spiro atoms. The molecular weight excluding hydrogens is 480 g/mol. The summed E-state index contributed by atoms with van der Waals surface area (Å²) in [5, 5.41) is 2.46. The van der Waals surface area contributed by atoms with Crippen molar-refractivity contribution in [2.45, 2.75) is 23.1 Å². The molecule has 0 unspecified atom stereocenters. The Morgan fingerprint density at radius 3 is 2.19 bits per heavy atom. The van der Waals surface area contributed by atoms with Crippen LogP contribution in [0.25, 0.3) is 0 Å². The van der Waals surface area contributed by atoms with Gasteiger partial charge in [0.05, 0.1) is 32.7 Å². The van der Waals surface area contributed by atoms with E-state index in [0.717, 1.165) is 9.87 Å². The van der Waals surface area contributed by atoms with Crippen LogP contribution in [-0.2, 0) is 34.2 Å². The number of anilines is 1. The lowest BCUT2D eigenvalue weighted by Crippen LogP contribution is -2.24. The third-order valence-corrected chi connectivity index (χ3v) is 8.18. The molecule has 1 N–H and O–H groups in total. The molecular formula is C20H23ClN2O7S2. The minimum Gasteiger partial charge on any atom is -0.456 e. The first-order chi connectivity index (χ1) is 14.8. The van der Waals surface area contributed by atoms with Crippen LogP contribution >= 0.6 is 11.6 Å². The van der Waals surface area contributed by atoms with Crippen LogP contribution in [0, 0.1) is 6.92 Å². The minimum atomic E-state index is -3.74. The van der Waals surface area contributed by atoms with Crippen LogP contribution in [0.3, 0.4) is 0 Å². The second kappa shape index (κ2) is 10.4. The highest BCUT2D eigenvalue weighted by molar-refractivity contribution is 7.91. The number of benzene rings is 2. The highest BCUT2D eigenvalue weighted by Gasteiger charge is 2.20. The molecule has 0 aliphatic rings. The molecule has 0 saturated carbocycles. The number of sulfone groups is 1. The zero-order valence-corrected chi connectivity index (χ0v) is 20.1. The SMILES string of the molecule is Cc1ccc(S(=O)(=O)CCC(=O)OCC(=O)Nc2cc(S(=O)(=O)N(C)C)ccc2Cl)cc1. The normalized spacial score (nSPS) is 11.9. The maximum absolute atomic E-state index is 12.3. The summed E-state index contributed by atoms with van der Waals surface area (Å²) in [6.45, 7) is 1.13. The summed E-state index contributed by atoms with van der Waals surface area (Å²) < 4.78 is 54.8. The number of esters is 1. The van der Waals surface area contributed by atoms with Gasteiger partial charge in [-0.1, -0.05) is 29.3 Å². The molecule has 2 rings (SSSR count). The lowest BCUT2D eigenvalue weighted by Gasteiger charge is -2.14. The molecule has 2 aromatic rings. The number of hydrogen-bond donors (Lipinski definition) is 1. The van der Waals surface area contributed by atoms with Gasteiger partial charge in [0.15, 0.2) is 16.4 Å². The highest BCUT2D eigenvalue weighted by atomic mass is 35.5. The Hall–Kier alpha value is -2.47. The molecule has 0 radical (unpaired) electrons. The molecule has 2 aromatic carbocycles. The molecule has 12 heteroatoms. The monoisotopic (exact) mass is 502 g/mol. The van der Waals surface area contributed by atoms with E-state index in [1.54, 1.807) is 12.1 Å². The summed E-state index contributed by atoms with van der Waals surface area (Å²) in [6, 6.07) is 10.0. The van der Waals surface area contributed by atoms with Crippen molar-refractivity contribution < 1.29 is 31.2 Å². The third kappa shape index (κ3) is 6.76. The van der Waals surface area contributed by atoms with E-state index < -0.39 is 50.5 Å². The highest BCUT2D eigenvalue weighted by Crippen LogP contribution is 2.26. The molecule has 0 aliphatic heterocycles. The van der Waals surface area contributed by atoms with Gasteiger partial charge in [0.25, 0.3) is 5.91 Å². The van der Waals surface area contributed by atoms with E-state index in [2.05, 4.69) is 5.32 Å². The van der Waals surface area contributed by atoms with E-state index >= 15 is 0 Å². The summed E-state index contributed by atoms with van der Waals surface area (Å²) in [6.07, 6.45) is -0.430. The molecule has 0 bridgehead atoms. The Balaban J connectivity index is 1.93. The smallest absolute Gasteiger partial charge is 0.307 e. The van der Waals surface area contributed by atoms with Crippen molar-refractivity contribution in [2.75, 3.05) is 31.8 Å². The number of sulfonamides is 1. The lowest BCUT2D eigenvalue weighted by molar-refractivity contribution is -0.146. The molecule has 0 saturated heterocycles. The van der Waals surface area contributed by atoms with Gasteiger partial charge in [0.1, 0.15) is 0 Å². The van der Waals surface area contributed by atoms with Crippen LogP contribution in [0.4, 0.5) is 5.69 Å². The fraction of sp³-hybridized carbons (Fsp3) is 0.300. The number of halogens is 1. The van der Waals surface area contributed by atoms with Crippen molar-refractivity contribution in [3.63, 3.8) is 0 Å². The number of carbonyl (C=O) groups excluding carboxylic acids is 2. The molecule has 9 nitrogen and oxygen atoms in total. The average molecular weight is 503 g/mol. The number of nitrogens with zero attached hydrogens (tertiary/aromatic N) is 1. The van der Waals surface area contributed by atoms with Gasteiger partial charge >= 0.3 is 5.97 Å². The van der Waals surface area contributed by atoms with Crippen molar-refractivity contribution in [3.8, 4) is 0 Å². The van der Waals surface area contributed by atoms with Crippen molar-refractivity contribution in [1.29, 1.82) is 0 Å². The van der Waals surface area contributed by atoms with Gasteiger partial charge in [-0.25, -0.2) is 21.1 Å². The van der Waals surface area contributed by atoms with Crippen LogP contribution in [0.1, 0.15) is 12.0 Å². The van der Waals surface area contributed by atoms with E-state index in [-0.39, 0.29) is 20.5 Å². The fourth-order valence-corrected chi connectivity index (χ4v) is 4.77. The number of nitrogens with one attached hydrogen (secondary N) is 1. The van der Waals surface area contributed by atoms with Crippen molar-refractivity contribution >= 4 is 49.0 Å². The Kier molecular flexibility index (Phi) is 8.41. The average Bonchev–Trinajstić information content (AvgIpc) is 2.72. The standard InChI is InChI=1S/C20H23ClN2O7S2/c1-14-4-6-15(7-5-14)31(26,27)11-10-20(25)30-13-19(24)22-18-12-16(8-9-17(18)21)32(28,29)23(2)3/h4-9,12H,10-11,13H2,1-3H3,(H,22,24). The van der Waals surface area contributed by atoms with Gasteiger partial charge in [0.2, 0.25) is 10.0 Å². The van der Waals surface area contributed by atoms with Crippen molar-refractivity contribution in [2.24, 2.45) is 0 Å². The number of carbonyl (C=O) groups is 2. The third-order valence-electron chi connectivity index (χ3n) is 4.31. The van der Waals surface area contributed by atoms with Crippen LogP contribution in [0.15, 0.2) is 52.3 Å². The topological polar surface area (TPSA) is 127 Å². The molecule has 0 atom stereocenters. The van der Waals surface area contributed by atoms with Gasteiger partial charge in [-0.15, -0.1) is 0 Å². The zero-order chi connectivity index (χ0) is 24.1. The van der Waals surface area contributed by atoms with Crippen LogP contribution in [0.2, 0.25) is 5.02 Å². The Morgan fingerprint density at radius 2 is 1.59 bits per heavy atom. The quantitative estimate of drug-likeness (QED) is 0.521. The Bertz CT molecular complexity index is 1210. The first kappa shape index (κ1) is 25.8. The van der Waals surface area contributed by atoms with Gasteiger partial charge in [0, 0.05) is 14.1 Å². The summed E-state index contributed by atoms with van der Waals surface area (Å²) in [4.78, 5) is 24.0. The molecule has 0 aliphatic carbocycles. The predicted molar refractivity (Wildman–Crippen MR) is 120 cm³/mol. The van der Waals surface area contributed by atoms with Gasteiger partial charge < -0.3 is 10.1 Å². The second-order valence-corrected chi connectivity index (χ2v) is 11.7. The molecule has 32 heavy (non-hydrogen) atoms. The van der Waals surface area contributed by atoms with E-state index in [1.165, 1.54) is 44.4 Å². The number of aryl methyl sites for hydroxylation is 1. The second-order valence-electron chi connectivity index (χ2n) is 7.02. The first-order valence-corrected chi connectivity index (χ1v) is 12.8. The van der Waals surface area contributed by atoms with Gasteiger partial charge in [-0.05, 0) is 37.3 Å². The Labute approximate surface area is 192 Å². The lowest BCUT2D eigenvalue weighted by atomic mass is 10.2. The van der Waals surface area contributed by atoms with E-state index in [1.807, 2.05) is 6.92 Å². The van der Waals surface area contributed by atoms with Crippen molar-refractivity contribution in [3.05, 3.63) is 53.1 Å². The number of amides is 1. The predicted octanol–water partition coefficient (Wildman–Crippen LogP) is 2.24. The largest absolute Gasteiger partial charge is 0.456 e. The first-order valence-electron chi connectivity index (χ1n) is 9.30. The van der Waals surface area contributed by atoms with E-state index in [0.29, 0.717) is 0 Å². The molecule has 174 valence electrons. The van der Waals surface area contributed by atoms with Gasteiger partial charge in [-0.3, -0.25) is 9.59 Å². The zero-order valence-electron chi connectivity index (χ0n) is 17.7. The molecule has 0 fully saturated rings. The molecule has 0 aromatic heterocycles. The van der Waals surface area contributed by atoms with E-state index in [9.17, 15) is 26.4 Å². The van der Waals surface area contributed by atoms with E-state index in [4.69, 9.17) is 16.3 Å².